The number of anilines is 1. The third-order valence-corrected chi connectivity index (χ3v) is 6.42. The summed E-state index contributed by atoms with van der Waals surface area (Å²) >= 11 is 1.24. The summed E-state index contributed by atoms with van der Waals surface area (Å²) in [5.41, 5.74) is 1.47. The highest BCUT2D eigenvalue weighted by Gasteiger charge is 2.33. The minimum absolute atomic E-state index is 0.0108. The van der Waals surface area contributed by atoms with Crippen LogP contribution >= 0.6 is 11.3 Å². The topological polar surface area (TPSA) is 55.8 Å². The monoisotopic (exact) mass is 439 g/mol. The van der Waals surface area contributed by atoms with Crippen LogP contribution in [0, 0.1) is 23.7 Å². The molecule has 2 aromatic rings. The van der Waals surface area contributed by atoms with E-state index in [-0.39, 0.29) is 17.9 Å². The average Bonchev–Trinajstić information content (AvgIpc) is 3.15. The zero-order valence-electron chi connectivity index (χ0n) is 18.5. The number of methoxy groups -OCH3 is 1. The van der Waals surface area contributed by atoms with E-state index in [4.69, 9.17) is 4.74 Å². The van der Waals surface area contributed by atoms with Gasteiger partial charge in [0.15, 0.2) is 0 Å². The van der Waals surface area contributed by atoms with Crippen molar-refractivity contribution < 1.29 is 19.1 Å². The highest BCUT2D eigenvalue weighted by molar-refractivity contribution is 7.15. The first-order chi connectivity index (χ1) is 14.9. The molecule has 1 aliphatic rings. The first-order valence-electron chi connectivity index (χ1n) is 10.7. The van der Waals surface area contributed by atoms with Crippen molar-refractivity contribution in [1.82, 2.24) is 0 Å². The number of nitrogens with zero attached hydrogens (tertiary/aromatic N) is 1. The SMILES string of the molecule is COC(=O)Oc1sc(C#Cc2ccccc2)cc1N(C(=O)[C@H]1CC[C@H](C)CC1)C(C)C. The third kappa shape index (κ3) is 5.89. The first-order valence-corrected chi connectivity index (χ1v) is 11.5. The molecule has 0 bridgehead atoms. The van der Waals surface area contributed by atoms with Crippen molar-refractivity contribution in [1.29, 1.82) is 0 Å². The largest absolute Gasteiger partial charge is 0.514 e. The Morgan fingerprint density at radius 3 is 2.39 bits per heavy atom. The van der Waals surface area contributed by atoms with E-state index in [0.29, 0.717) is 21.5 Å². The van der Waals surface area contributed by atoms with Gasteiger partial charge < -0.3 is 14.4 Å². The summed E-state index contributed by atoms with van der Waals surface area (Å²) in [6.07, 6.45) is 3.09. The second kappa shape index (κ2) is 10.5. The molecule has 1 heterocycles. The summed E-state index contributed by atoms with van der Waals surface area (Å²) in [5, 5.41) is 0.329. The number of thiophene rings is 1. The first kappa shape index (κ1) is 22.9. The van der Waals surface area contributed by atoms with Crippen molar-refractivity contribution in [3.63, 3.8) is 0 Å². The Balaban J connectivity index is 1.95. The molecule has 1 aromatic carbocycles. The van der Waals surface area contributed by atoms with E-state index in [1.807, 2.05) is 50.2 Å². The van der Waals surface area contributed by atoms with Crippen LogP contribution in [-0.2, 0) is 9.53 Å². The second-order valence-corrected chi connectivity index (χ2v) is 9.23. The molecule has 0 radical (unpaired) electrons. The molecular formula is C25H29NO4S. The standard InChI is InChI=1S/C25H29NO4S/c1-17(2)26(23(27)20-13-10-18(3)11-14-20)22-16-21(31-24(22)30-25(28)29-4)15-12-19-8-6-5-7-9-19/h5-9,16-18,20H,10-11,13-14H2,1-4H3/t18-,20-. The summed E-state index contributed by atoms with van der Waals surface area (Å²) in [6, 6.07) is 11.4. The van der Waals surface area contributed by atoms with E-state index >= 15 is 0 Å². The predicted molar refractivity (Wildman–Crippen MR) is 124 cm³/mol. The lowest BCUT2D eigenvalue weighted by atomic mass is 9.82. The maximum atomic E-state index is 13.5. The van der Waals surface area contributed by atoms with Crippen molar-refractivity contribution in [2.45, 2.75) is 52.5 Å². The molecule has 0 atom stereocenters. The molecule has 0 saturated heterocycles. The van der Waals surface area contributed by atoms with E-state index in [0.717, 1.165) is 31.2 Å². The molecule has 1 fully saturated rings. The van der Waals surface area contributed by atoms with Crippen LogP contribution in [0.2, 0.25) is 0 Å². The van der Waals surface area contributed by atoms with Crippen molar-refractivity contribution in [3.05, 3.63) is 46.8 Å². The van der Waals surface area contributed by atoms with Gasteiger partial charge in [-0.15, -0.1) is 0 Å². The molecule has 5 nitrogen and oxygen atoms in total. The van der Waals surface area contributed by atoms with Gasteiger partial charge in [-0.2, -0.15) is 0 Å². The van der Waals surface area contributed by atoms with Crippen LogP contribution in [0.15, 0.2) is 36.4 Å². The van der Waals surface area contributed by atoms with Crippen LogP contribution in [0.3, 0.4) is 0 Å². The minimum atomic E-state index is -0.812. The van der Waals surface area contributed by atoms with Crippen LogP contribution in [0.25, 0.3) is 0 Å². The van der Waals surface area contributed by atoms with Gasteiger partial charge in [-0.3, -0.25) is 4.79 Å². The smallest absolute Gasteiger partial charge is 0.437 e. The van der Waals surface area contributed by atoms with Gasteiger partial charge in [-0.1, -0.05) is 48.3 Å². The minimum Gasteiger partial charge on any atom is -0.437 e. The van der Waals surface area contributed by atoms with Gasteiger partial charge in [0, 0.05) is 17.5 Å². The van der Waals surface area contributed by atoms with Gasteiger partial charge in [0.1, 0.15) is 5.69 Å². The zero-order chi connectivity index (χ0) is 22.4. The average molecular weight is 440 g/mol. The predicted octanol–water partition coefficient (Wildman–Crippen LogP) is 5.86. The van der Waals surface area contributed by atoms with Crippen molar-refractivity contribution in [3.8, 4) is 16.9 Å². The molecule has 6 heteroatoms. The fourth-order valence-electron chi connectivity index (χ4n) is 3.80. The van der Waals surface area contributed by atoms with E-state index in [1.165, 1.54) is 18.4 Å². The highest BCUT2D eigenvalue weighted by atomic mass is 32.1. The van der Waals surface area contributed by atoms with E-state index < -0.39 is 6.16 Å². The van der Waals surface area contributed by atoms with Crippen LogP contribution in [0.1, 0.15) is 56.9 Å². The Hall–Kier alpha value is -2.78. The van der Waals surface area contributed by atoms with Gasteiger partial charge in [0.2, 0.25) is 11.0 Å². The number of ether oxygens (including phenoxy) is 2. The quantitative estimate of drug-likeness (QED) is 0.442. The summed E-state index contributed by atoms with van der Waals surface area (Å²) < 4.78 is 10.1. The molecule has 164 valence electrons. The number of carbonyl (C=O) groups excluding carboxylic acids is 2. The van der Waals surface area contributed by atoms with Crippen LogP contribution in [-0.4, -0.2) is 25.2 Å². The number of hydrogen-bond acceptors (Lipinski definition) is 5. The van der Waals surface area contributed by atoms with Crippen molar-refractivity contribution in [2.75, 3.05) is 12.0 Å². The van der Waals surface area contributed by atoms with Crippen molar-refractivity contribution in [2.24, 2.45) is 11.8 Å². The highest BCUT2D eigenvalue weighted by Crippen LogP contribution is 2.41. The molecule has 0 N–H and O–H groups in total. The molecule has 3 rings (SSSR count). The molecular weight excluding hydrogens is 410 g/mol. The lowest BCUT2D eigenvalue weighted by Gasteiger charge is -2.33. The second-order valence-electron chi connectivity index (χ2n) is 8.21. The third-order valence-electron chi connectivity index (χ3n) is 5.50. The van der Waals surface area contributed by atoms with Gasteiger partial charge in [-0.25, -0.2) is 4.79 Å². The van der Waals surface area contributed by atoms with E-state index in [9.17, 15) is 9.59 Å². The summed E-state index contributed by atoms with van der Waals surface area (Å²) in [5.74, 6) is 6.98. The van der Waals surface area contributed by atoms with Gasteiger partial charge in [0.25, 0.3) is 0 Å². The Morgan fingerprint density at radius 1 is 1.10 bits per heavy atom. The Bertz CT molecular complexity index is 962. The molecule has 31 heavy (non-hydrogen) atoms. The summed E-state index contributed by atoms with van der Waals surface area (Å²) in [4.78, 5) is 27.8. The Kier molecular flexibility index (Phi) is 7.75. The van der Waals surface area contributed by atoms with Gasteiger partial charge in [-0.05, 0) is 63.6 Å². The summed E-state index contributed by atoms with van der Waals surface area (Å²) in [6.45, 7) is 6.18. The number of carbonyl (C=O) groups is 2. The number of amides is 1. The molecule has 0 unspecified atom stereocenters. The van der Waals surface area contributed by atoms with Gasteiger partial charge in [0.05, 0.1) is 12.0 Å². The maximum Gasteiger partial charge on any atom is 0.514 e. The molecule has 0 aliphatic heterocycles. The van der Waals surface area contributed by atoms with Gasteiger partial charge >= 0.3 is 6.16 Å². The lowest BCUT2D eigenvalue weighted by molar-refractivity contribution is -0.123. The normalized spacial score (nSPS) is 18.1. The van der Waals surface area contributed by atoms with Crippen LogP contribution in [0.5, 0.6) is 5.06 Å². The number of benzene rings is 1. The molecule has 0 spiro atoms. The fraction of sp³-hybridized carbons (Fsp3) is 0.440. The van der Waals surface area contributed by atoms with Crippen molar-refractivity contribution >= 4 is 29.1 Å². The fourth-order valence-corrected chi connectivity index (χ4v) is 4.64. The zero-order valence-corrected chi connectivity index (χ0v) is 19.3. The molecule has 1 saturated carbocycles. The van der Waals surface area contributed by atoms with Crippen LogP contribution < -0.4 is 9.64 Å². The van der Waals surface area contributed by atoms with E-state index in [2.05, 4.69) is 23.5 Å². The van der Waals surface area contributed by atoms with E-state index in [1.54, 1.807) is 4.90 Å². The summed E-state index contributed by atoms with van der Waals surface area (Å²) in [7, 11) is 1.26. The Labute approximate surface area is 188 Å². The molecule has 1 amide bonds. The number of rotatable bonds is 4. The lowest BCUT2D eigenvalue weighted by Crippen LogP contribution is -2.42. The Morgan fingerprint density at radius 2 is 1.77 bits per heavy atom. The number of hydrogen-bond donors (Lipinski definition) is 0. The molecule has 1 aliphatic carbocycles. The maximum absolute atomic E-state index is 13.5. The van der Waals surface area contributed by atoms with Crippen LogP contribution in [0.4, 0.5) is 10.5 Å². The molecule has 1 aromatic heterocycles.